The fourth-order valence-electron chi connectivity index (χ4n) is 2.24. The molecule has 1 amide bonds. The van der Waals surface area contributed by atoms with E-state index in [0.29, 0.717) is 5.56 Å². The zero-order valence-electron chi connectivity index (χ0n) is 13.9. The first-order valence-electron chi connectivity index (χ1n) is 7.52. The van der Waals surface area contributed by atoms with E-state index in [-0.39, 0.29) is 23.2 Å². The third kappa shape index (κ3) is 3.72. The zero-order valence-corrected chi connectivity index (χ0v) is 14.7. The van der Waals surface area contributed by atoms with Crippen LogP contribution in [0, 0.1) is 17.0 Å². The van der Waals surface area contributed by atoms with Gasteiger partial charge in [0.25, 0.3) is 11.6 Å². The van der Waals surface area contributed by atoms with Gasteiger partial charge in [0, 0.05) is 27.7 Å². The van der Waals surface area contributed by atoms with E-state index in [1.54, 1.807) is 18.7 Å². The second-order valence-electron chi connectivity index (χ2n) is 5.35. The van der Waals surface area contributed by atoms with E-state index >= 15 is 0 Å². The molecule has 1 heterocycles. The van der Waals surface area contributed by atoms with Gasteiger partial charge in [0.1, 0.15) is 0 Å². The number of hydrogen-bond donors (Lipinski definition) is 1. The van der Waals surface area contributed by atoms with Crippen molar-refractivity contribution in [2.24, 2.45) is 0 Å². The number of hydrogen-bond acceptors (Lipinski definition) is 7. The van der Waals surface area contributed by atoms with Crippen LogP contribution in [0.1, 0.15) is 15.9 Å². The van der Waals surface area contributed by atoms with Gasteiger partial charge in [-0.05, 0) is 43.5 Å². The summed E-state index contributed by atoms with van der Waals surface area (Å²) < 4.78 is 5.44. The fourth-order valence-corrected chi connectivity index (χ4v) is 2.65. The van der Waals surface area contributed by atoms with Crippen LogP contribution in [0.15, 0.2) is 51.8 Å². The summed E-state index contributed by atoms with van der Waals surface area (Å²) in [6, 6.07) is 11.7. The summed E-state index contributed by atoms with van der Waals surface area (Å²) in [6.07, 6.45) is 1.98. The van der Waals surface area contributed by atoms with Crippen LogP contribution in [0.2, 0.25) is 0 Å². The molecule has 9 heteroatoms. The van der Waals surface area contributed by atoms with Crippen molar-refractivity contribution in [2.45, 2.75) is 11.8 Å². The first-order valence-corrected chi connectivity index (χ1v) is 8.74. The molecule has 132 valence electrons. The molecule has 3 aromatic rings. The van der Waals surface area contributed by atoms with Crippen LogP contribution in [0.5, 0.6) is 0 Å². The molecule has 2 aromatic carbocycles. The summed E-state index contributed by atoms with van der Waals surface area (Å²) in [6.45, 7) is 1.60. The number of benzene rings is 2. The molecule has 0 aliphatic heterocycles. The number of carbonyl (C=O) groups excluding carboxylic acids is 1. The van der Waals surface area contributed by atoms with Crippen molar-refractivity contribution in [1.29, 1.82) is 0 Å². The molecule has 0 aliphatic carbocycles. The van der Waals surface area contributed by atoms with Gasteiger partial charge in [-0.2, -0.15) is 0 Å². The number of aromatic nitrogens is 2. The molecule has 0 spiro atoms. The molecular weight excluding hydrogens is 356 g/mol. The van der Waals surface area contributed by atoms with Crippen LogP contribution in [0.3, 0.4) is 0 Å². The Hall–Kier alpha value is -3.20. The predicted octanol–water partition coefficient (Wildman–Crippen LogP) is 3.93. The van der Waals surface area contributed by atoms with Crippen molar-refractivity contribution in [3.05, 3.63) is 63.7 Å². The molecule has 0 radical (unpaired) electrons. The number of anilines is 1. The van der Waals surface area contributed by atoms with Gasteiger partial charge in [0.2, 0.25) is 5.89 Å². The molecule has 0 unspecified atom stereocenters. The van der Waals surface area contributed by atoms with Gasteiger partial charge in [0.05, 0.1) is 4.92 Å². The van der Waals surface area contributed by atoms with E-state index in [1.807, 2.05) is 30.5 Å². The number of thioether (sulfide) groups is 1. The van der Waals surface area contributed by atoms with Gasteiger partial charge in [-0.15, -0.1) is 16.9 Å². The molecule has 1 N–H and O–H groups in total. The number of amides is 1. The minimum Gasteiger partial charge on any atom is -0.403 e. The van der Waals surface area contributed by atoms with Crippen molar-refractivity contribution in [3.8, 4) is 11.5 Å². The average Bonchev–Trinajstić information content (AvgIpc) is 3.10. The van der Waals surface area contributed by atoms with Crippen molar-refractivity contribution >= 4 is 29.4 Å². The average molecular weight is 370 g/mol. The zero-order chi connectivity index (χ0) is 18.7. The Morgan fingerprint density at radius 2 is 1.92 bits per heavy atom. The maximum absolute atomic E-state index is 12.3. The molecule has 0 saturated heterocycles. The highest BCUT2D eigenvalue weighted by molar-refractivity contribution is 7.98. The topological polar surface area (TPSA) is 111 Å². The largest absolute Gasteiger partial charge is 0.403 e. The standard InChI is InChI=1S/C17H14N4O4S/c1-10-3-4-12(9-14(10)21(23)24)15(22)18-17-20-19-16(25-17)11-5-7-13(26-2)8-6-11/h3-9H,1-2H3,(H,18,20,22). The van der Waals surface area contributed by atoms with Crippen LogP contribution >= 0.6 is 11.8 Å². The lowest BCUT2D eigenvalue weighted by molar-refractivity contribution is -0.385. The minimum atomic E-state index is -0.568. The molecule has 3 rings (SSSR count). The van der Waals surface area contributed by atoms with Crippen molar-refractivity contribution in [2.75, 3.05) is 11.6 Å². The van der Waals surface area contributed by atoms with Crippen LogP contribution in [0.25, 0.3) is 11.5 Å². The molecular formula is C17H14N4O4S. The highest BCUT2D eigenvalue weighted by Crippen LogP contribution is 2.24. The van der Waals surface area contributed by atoms with Crippen molar-refractivity contribution in [3.63, 3.8) is 0 Å². The second-order valence-corrected chi connectivity index (χ2v) is 6.23. The quantitative estimate of drug-likeness (QED) is 0.411. The van der Waals surface area contributed by atoms with E-state index < -0.39 is 10.8 Å². The van der Waals surface area contributed by atoms with Crippen LogP contribution in [-0.2, 0) is 0 Å². The van der Waals surface area contributed by atoms with Gasteiger partial charge >= 0.3 is 6.01 Å². The van der Waals surface area contributed by atoms with Crippen LogP contribution in [0.4, 0.5) is 11.7 Å². The van der Waals surface area contributed by atoms with Crippen molar-refractivity contribution < 1.29 is 14.1 Å². The van der Waals surface area contributed by atoms with Gasteiger partial charge in [-0.3, -0.25) is 20.2 Å². The summed E-state index contributed by atoms with van der Waals surface area (Å²) in [7, 11) is 0. The number of nitro groups is 1. The Morgan fingerprint density at radius 3 is 2.58 bits per heavy atom. The molecule has 8 nitrogen and oxygen atoms in total. The van der Waals surface area contributed by atoms with E-state index in [2.05, 4.69) is 15.5 Å². The molecule has 0 aliphatic rings. The number of nitro benzene ring substituents is 1. The SMILES string of the molecule is CSc1ccc(-c2nnc(NC(=O)c3ccc(C)c([N+](=O)[O-])c3)o2)cc1. The Balaban J connectivity index is 1.77. The first-order chi connectivity index (χ1) is 12.5. The molecule has 0 atom stereocenters. The molecule has 0 bridgehead atoms. The normalized spacial score (nSPS) is 10.5. The van der Waals surface area contributed by atoms with Gasteiger partial charge in [-0.25, -0.2) is 0 Å². The predicted molar refractivity (Wildman–Crippen MR) is 97.3 cm³/mol. The summed E-state index contributed by atoms with van der Waals surface area (Å²) >= 11 is 1.62. The maximum atomic E-state index is 12.3. The van der Waals surface area contributed by atoms with E-state index in [0.717, 1.165) is 10.5 Å². The molecule has 0 saturated carbocycles. The number of rotatable bonds is 5. The highest BCUT2D eigenvalue weighted by atomic mass is 32.2. The minimum absolute atomic E-state index is 0.0813. The summed E-state index contributed by atoms with van der Waals surface area (Å²) in [5, 5.41) is 21.1. The van der Waals surface area contributed by atoms with Gasteiger partial charge in [-0.1, -0.05) is 11.2 Å². The highest BCUT2D eigenvalue weighted by Gasteiger charge is 2.17. The number of nitrogens with zero attached hydrogens (tertiary/aromatic N) is 3. The Bertz CT molecular complexity index is 969. The molecule has 26 heavy (non-hydrogen) atoms. The number of carbonyl (C=O) groups is 1. The summed E-state index contributed by atoms with van der Waals surface area (Å²) in [4.78, 5) is 23.8. The van der Waals surface area contributed by atoms with E-state index in [9.17, 15) is 14.9 Å². The molecule has 0 fully saturated rings. The van der Waals surface area contributed by atoms with Gasteiger partial charge in [0.15, 0.2) is 0 Å². The smallest absolute Gasteiger partial charge is 0.322 e. The Morgan fingerprint density at radius 1 is 1.19 bits per heavy atom. The maximum Gasteiger partial charge on any atom is 0.322 e. The van der Waals surface area contributed by atoms with E-state index in [1.165, 1.54) is 18.2 Å². The lowest BCUT2D eigenvalue weighted by Gasteiger charge is -2.02. The van der Waals surface area contributed by atoms with Crippen LogP contribution < -0.4 is 5.32 Å². The number of nitrogens with one attached hydrogen (secondary N) is 1. The summed E-state index contributed by atoms with van der Waals surface area (Å²) in [5.74, 6) is -0.302. The lowest BCUT2D eigenvalue weighted by atomic mass is 10.1. The lowest BCUT2D eigenvalue weighted by Crippen LogP contribution is -2.12. The Kier molecular flexibility index (Phi) is 4.99. The third-order valence-corrected chi connectivity index (χ3v) is 4.39. The molecule has 1 aromatic heterocycles. The monoisotopic (exact) mass is 370 g/mol. The van der Waals surface area contributed by atoms with Crippen molar-refractivity contribution in [1.82, 2.24) is 10.2 Å². The third-order valence-electron chi connectivity index (χ3n) is 3.65. The van der Waals surface area contributed by atoms with E-state index in [4.69, 9.17) is 4.42 Å². The Labute approximate surface area is 152 Å². The first kappa shape index (κ1) is 17.6. The number of aryl methyl sites for hydroxylation is 1. The van der Waals surface area contributed by atoms with Crippen LogP contribution in [-0.4, -0.2) is 27.3 Å². The second kappa shape index (κ2) is 7.36. The summed E-state index contributed by atoms with van der Waals surface area (Å²) in [5.41, 5.74) is 1.20. The fraction of sp³-hybridized carbons (Fsp3) is 0.118. The van der Waals surface area contributed by atoms with Gasteiger partial charge < -0.3 is 4.42 Å².